The van der Waals surface area contributed by atoms with Crippen molar-refractivity contribution in [3.8, 4) is 5.75 Å². The van der Waals surface area contributed by atoms with Crippen LogP contribution in [0.1, 0.15) is 39.8 Å². The number of thiazole rings is 1. The molecule has 26 heavy (non-hydrogen) atoms. The first kappa shape index (κ1) is 18.6. The third-order valence-electron chi connectivity index (χ3n) is 3.99. The van der Waals surface area contributed by atoms with Crippen molar-refractivity contribution in [2.45, 2.75) is 40.0 Å². The summed E-state index contributed by atoms with van der Waals surface area (Å²) in [6.45, 7) is 7.03. The second-order valence-electron chi connectivity index (χ2n) is 6.29. The number of amides is 1. The van der Waals surface area contributed by atoms with Gasteiger partial charge in [0.1, 0.15) is 17.4 Å². The molecular formula is C20H22N2O2S2. The van der Waals surface area contributed by atoms with Crippen LogP contribution in [0, 0.1) is 6.92 Å². The summed E-state index contributed by atoms with van der Waals surface area (Å²) in [5.41, 5.74) is 2.01. The van der Waals surface area contributed by atoms with Crippen molar-refractivity contribution in [2.75, 3.05) is 0 Å². The minimum Gasteiger partial charge on any atom is -0.486 e. The predicted molar refractivity (Wildman–Crippen MR) is 107 cm³/mol. The fraction of sp³-hybridized carbons (Fsp3) is 0.300. The van der Waals surface area contributed by atoms with Gasteiger partial charge in [0, 0.05) is 11.4 Å². The summed E-state index contributed by atoms with van der Waals surface area (Å²) in [7, 11) is 0. The molecule has 0 N–H and O–H groups in total. The Morgan fingerprint density at radius 1 is 1.19 bits per heavy atom. The molecule has 0 bridgehead atoms. The number of carbonyl (C=O) groups is 1. The Morgan fingerprint density at radius 2 is 2.00 bits per heavy atom. The molecule has 0 fully saturated rings. The standard InChI is InChI=1S/C20H22N2O2S2/c1-14(2)22(20(23)18-9-6-10-25-18)11-16-13-26-19(21-16)12-24-17-8-5-4-7-15(17)3/h4-10,13-14H,11-12H2,1-3H3. The van der Waals surface area contributed by atoms with Crippen LogP contribution in [-0.2, 0) is 13.2 Å². The average molecular weight is 387 g/mol. The highest BCUT2D eigenvalue weighted by atomic mass is 32.1. The maximum Gasteiger partial charge on any atom is 0.264 e. The van der Waals surface area contributed by atoms with E-state index in [-0.39, 0.29) is 11.9 Å². The summed E-state index contributed by atoms with van der Waals surface area (Å²) < 4.78 is 5.86. The van der Waals surface area contributed by atoms with Crippen molar-refractivity contribution in [2.24, 2.45) is 0 Å². The quantitative estimate of drug-likeness (QED) is 0.564. The first-order valence-corrected chi connectivity index (χ1v) is 10.3. The lowest BCUT2D eigenvalue weighted by Gasteiger charge is -2.25. The molecule has 2 aromatic heterocycles. The van der Waals surface area contributed by atoms with Gasteiger partial charge in [0.25, 0.3) is 5.91 Å². The van der Waals surface area contributed by atoms with Crippen LogP contribution in [-0.4, -0.2) is 21.8 Å². The number of para-hydroxylation sites is 1. The van der Waals surface area contributed by atoms with Gasteiger partial charge < -0.3 is 9.64 Å². The van der Waals surface area contributed by atoms with E-state index >= 15 is 0 Å². The molecule has 3 rings (SSSR count). The van der Waals surface area contributed by atoms with Gasteiger partial charge in [0.2, 0.25) is 0 Å². The number of aryl methyl sites for hydroxylation is 1. The van der Waals surface area contributed by atoms with E-state index in [9.17, 15) is 4.79 Å². The zero-order chi connectivity index (χ0) is 18.5. The smallest absolute Gasteiger partial charge is 0.264 e. The van der Waals surface area contributed by atoms with E-state index in [1.807, 2.05) is 72.8 Å². The lowest BCUT2D eigenvalue weighted by Crippen LogP contribution is -2.36. The van der Waals surface area contributed by atoms with E-state index in [1.165, 1.54) is 11.3 Å². The van der Waals surface area contributed by atoms with Gasteiger partial charge in [-0.25, -0.2) is 4.98 Å². The molecule has 0 aliphatic rings. The first-order chi connectivity index (χ1) is 12.5. The van der Waals surface area contributed by atoms with E-state index in [4.69, 9.17) is 4.74 Å². The van der Waals surface area contributed by atoms with Crippen LogP contribution in [0.25, 0.3) is 0 Å². The predicted octanol–water partition coefficient (Wildman–Crippen LogP) is 5.14. The highest BCUT2D eigenvalue weighted by Gasteiger charge is 2.21. The lowest BCUT2D eigenvalue weighted by molar-refractivity contribution is 0.0693. The first-order valence-electron chi connectivity index (χ1n) is 8.50. The Hall–Kier alpha value is -2.18. The van der Waals surface area contributed by atoms with E-state index in [0.29, 0.717) is 13.2 Å². The summed E-state index contributed by atoms with van der Waals surface area (Å²) in [6, 6.07) is 11.8. The van der Waals surface area contributed by atoms with Gasteiger partial charge in [-0.1, -0.05) is 24.3 Å². The van der Waals surface area contributed by atoms with Crippen LogP contribution in [0.3, 0.4) is 0 Å². The van der Waals surface area contributed by atoms with E-state index in [2.05, 4.69) is 4.98 Å². The lowest BCUT2D eigenvalue weighted by atomic mass is 10.2. The molecule has 1 amide bonds. The number of aromatic nitrogens is 1. The molecule has 4 nitrogen and oxygen atoms in total. The molecule has 0 saturated carbocycles. The second-order valence-corrected chi connectivity index (χ2v) is 8.18. The van der Waals surface area contributed by atoms with Crippen LogP contribution in [0.2, 0.25) is 0 Å². The molecule has 3 aromatic rings. The van der Waals surface area contributed by atoms with E-state index in [0.717, 1.165) is 26.9 Å². The van der Waals surface area contributed by atoms with Crippen LogP contribution >= 0.6 is 22.7 Å². The fourth-order valence-corrected chi connectivity index (χ4v) is 3.93. The number of carbonyl (C=O) groups excluding carboxylic acids is 1. The summed E-state index contributed by atoms with van der Waals surface area (Å²) in [6.07, 6.45) is 0. The number of thiophene rings is 1. The summed E-state index contributed by atoms with van der Waals surface area (Å²) in [5.74, 6) is 0.932. The Labute approximate surface area is 162 Å². The monoisotopic (exact) mass is 386 g/mol. The maximum absolute atomic E-state index is 12.7. The number of hydrogen-bond donors (Lipinski definition) is 0. The molecule has 0 atom stereocenters. The maximum atomic E-state index is 12.7. The van der Waals surface area contributed by atoms with Crippen LogP contribution in [0.5, 0.6) is 5.75 Å². The highest BCUT2D eigenvalue weighted by molar-refractivity contribution is 7.12. The van der Waals surface area contributed by atoms with Crippen molar-refractivity contribution in [3.63, 3.8) is 0 Å². The Bertz CT molecular complexity index is 856. The van der Waals surface area contributed by atoms with Gasteiger partial charge in [0.05, 0.1) is 17.1 Å². The highest BCUT2D eigenvalue weighted by Crippen LogP contribution is 2.21. The molecule has 0 aliphatic heterocycles. The summed E-state index contributed by atoms with van der Waals surface area (Å²) in [4.78, 5) is 20.0. The van der Waals surface area contributed by atoms with Crippen LogP contribution in [0.15, 0.2) is 47.2 Å². The molecule has 0 saturated heterocycles. The van der Waals surface area contributed by atoms with Crippen LogP contribution < -0.4 is 4.74 Å². The molecule has 2 heterocycles. The Balaban J connectivity index is 1.64. The normalized spacial score (nSPS) is 10.9. The molecule has 0 radical (unpaired) electrons. The van der Waals surface area contributed by atoms with E-state index < -0.39 is 0 Å². The summed E-state index contributed by atoms with van der Waals surface area (Å²) in [5, 5.41) is 4.85. The van der Waals surface area contributed by atoms with Crippen molar-refractivity contribution in [3.05, 3.63) is 68.3 Å². The molecule has 6 heteroatoms. The van der Waals surface area contributed by atoms with Gasteiger partial charge in [-0.15, -0.1) is 22.7 Å². The molecule has 0 spiro atoms. The van der Waals surface area contributed by atoms with Gasteiger partial charge in [-0.05, 0) is 43.8 Å². The molecule has 1 aromatic carbocycles. The van der Waals surface area contributed by atoms with Crippen molar-refractivity contribution >= 4 is 28.6 Å². The molecular weight excluding hydrogens is 364 g/mol. The molecule has 0 aliphatic carbocycles. The third kappa shape index (κ3) is 4.51. The number of ether oxygens (including phenoxy) is 1. The minimum absolute atomic E-state index is 0.0562. The summed E-state index contributed by atoms with van der Waals surface area (Å²) >= 11 is 3.04. The topological polar surface area (TPSA) is 42.4 Å². The number of nitrogens with zero attached hydrogens (tertiary/aromatic N) is 2. The minimum atomic E-state index is 0.0562. The van der Waals surface area contributed by atoms with Crippen LogP contribution in [0.4, 0.5) is 0 Å². The Kier molecular flexibility index (Phi) is 6.06. The SMILES string of the molecule is Cc1ccccc1OCc1nc(CN(C(=O)c2cccs2)C(C)C)cs1. The average Bonchev–Trinajstić information content (AvgIpc) is 3.30. The van der Waals surface area contributed by atoms with E-state index in [1.54, 1.807) is 11.3 Å². The number of benzene rings is 1. The van der Waals surface area contributed by atoms with Gasteiger partial charge in [-0.3, -0.25) is 4.79 Å². The van der Waals surface area contributed by atoms with Crippen molar-refractivity contribution < 1.29 is 9.53 Å². The van der Waals surface area contributed by atoms with Crippen molar-refractivity contribution in [1.29, 1.82) is 0 Å². The number of rotatable bonds is 7. The fourth-order valence-electron chi connectivity index (χ4n) is 2.55. The zero-order valence-electron chi connectivity index (χ0n) is 15.1. The van der Waals surface area contributed by atoms with Gasteiger partial charge in [-0.2, -0.15) is 0 Å². The Morgan fingerprint density at radius 3 is 2.69 bits per heavy atom. The number of hydrogen-bond acceptors (Lipinski definition) is 5. The van der Waals surface area contributed by atoms with Gasteiger partial charge in [0.15, 0.2) is 0 Å². The van der Waals surface area contributed by atoms with Gasteiger partial charge >= 0.3 is 0 Å². The molecule has 136 valence electrons. The van der Waals surface area contributed by atoms with Crippen molar-refractivity contribution in [1.82, 2.24) is 9.88 Å². The third-order valence-corrected chi connectivity index (χ3v) is 5.72. The molecule has 0 unspecified atom stereocenters. The second kappa shape index (κ2) is 8.47. The zero-order valence-corrected chi connectivity index (χ0v) is 16.8. The largest absolute Gasteiger partial charge is 0.486 e.